The molecular formula is C16H27N3O2. The first-order valence-electron chi connectivity index (χ1n) is 7.81. The molecule has 1 aromatic rings. The molecule has 0 aromatic carbocycles. The first-order chi connectivity index (χ1) is 10.0. The van der Waals surface area contributed by atoms with E-state index < -0.39 is 0 Å². The van der Waals surface area contributed by atoms with Gasteiger partial charge in [0.05, 0.1) is 11.7 Å². The molecule has 1 saturated heterocycles. The standard InChI is InChI=1S/C15H27N3.CO2/c1-5-8-17-9-6-14(7-10-17)18-15(12(2)3)11-13(4)16-18;2-1-3/h11-12,14H,5-10H2,1-4H3;. The second-order valence-corrected chi connectivity index (χ2v) is 5.97. The summed E-state index contributed by atoms with van der Waals surface area (Å²) in [5.74, 6) is 0.569. The summed E-state index contributed by atoms with van der Waals surface area (Å²) < 4.78 is 2.31. The van der Waals surface area contributed by atoms with Crippen LogP contribution in [0.25, 0.3) is 0 Å². The van der Waals surface area contributed by atoms with Crippen LogP contribution in [0, 0.1) is 6.92 Å². The lowest BCUT2D eigenvalue weighted by Gasteiger charge is -2.32. The van der Waals surface area contributed by atoms with E-state index in [0.717, 1.165) is 5.69 Å². The number of piperidine rings is 1. The molecule has 2 rings (SSSR count). The Bertz CT molecular complexity index is 454. The number of carbonyl (C=O) groups excluding carboxylic acids is 2. The highest BCUT2D eigenvalue weighted by molar-refractivity contribution is 5.20. The maximum Gasteiger partial charge on any atom is 0.373 e. The van der Waals surface area contributed by atoms with Crippen molar-refractivity contribution in [1.29, 1.82) is 0 Å². The molecule has 1 aromatic heterocycles. The molecule has 0 aliphatic carbocycles. The van der Waals surface area contributed by atoms with Crippen LogP contribution in [0.5, 0.6) is 0 Å². The number of hydrogen-bond acceptors (Lipinski definition) is 4. The molecule has 0 saturated carbocycles. The maximum absolute atomic E-state index is 8.12. The number of rotatable bonds is 4. The van der Waals surface area contributed by atoms with Gasteiger partial charge in [-0.1, -0.05) is 20.8 Å². The van der Waals surface area contributed by atoms with Crippen LogP contribution in [0.15, 0.2) is 6.07 Å². The minimum Gasteiger partial charge on any atom is -0.303 e. The Balaban J connectivity index is 0.000000677. The van der Waals surface area contributed by atoms with Crippen molar-refractivity contribution in [3.8, 4) is 0 Å². The van der Waals surface area contributed by atoms with Gasteiger partial charge < -0.3 is 4.90 Å². The zero-order valence-corrected chi connectivity index (χ0v) is 13.6. The number of likely N-dealkylation sites (tertiary alicyclic amines) is 1. The van der Waals surface area contributed by atoms with Gasteiger partial charge >= 0.3 is 6.15 Å². The van der Waals surface area contributed by atoms with Crippen LogP contribution < -0.4 is 0 Å². The molecule has 5 heteroatoms. The Labute approximate surface area is 127 Å². The fraction of sp³-hybridized carbons (Fsp3) is 0.750. The fourth-order valence-corrected chi connectivity index (χ4v) is 2.96. The Morgan fingerprint density at radius 1 is 1.33 bits per heavy atom. The highest BCUT2D eigenvalue weighted by atomic mass is 16.2. The summed E-state index contributed by atoms with van der Waals surface area (Å²) >= 11 is 0. The second-order valence-electron chi connectivity index (χ2n) is 5.97. The van der Waals surface area contributed by atoms with Crippen molar-refractivity contribution in [2.45, 2.75) is 58.9 Å². The van der Waals surface area contributed by atoms with Gasteiger partial charge in [-0.15, -0.1) is 0 Å². The molecule has 0 N–H and O–H groups in total. The van der Waals surface area contributed by atoms with Gasteiger partial charge in [-0.25, -0.2) is 0 Å². The molecule has 1 fully saturated rings. The molecule has 0 radical (unpaired) electrons. The van der Waals surface area contributed by atoms with Crippen molar-refractivity contribution in [3.05, 3.63) is 17.5 Å². The van der Waals surface area contributed by atoms with E-state index in [4.69, 9.17) is 14.7 Å². The summed E-state index contributed by atoms with van der Waals surface area (Å²) in [5.41, 5.74) is 2.57. The Kier molecular flexibility index (Phi) is 7.34. The molecule has 5 nitrogen and oxygen atoms in total. The molecule has 0 bridgehead atoms. The Morgan fingerprint density at radius 3 is 2.38 bits per heavy atom. The molecular weight excluding hydrogens is 266 g/mol. The summed E-state index contributed by atoms with van der Waals surface area (Å²) in [6.07, 6.45) is 4.02. The normalized spacial score (nSPS) is 16.4. The van der Waals surface area contributed by atoms with Crippen molar-refractivity contribution in [3.63, 3.8) is 0 Å². The van der Waals surface area contributed by atoms with Crippen molar-refractivity contribution < 1.29 is 9.59 Å². The van der Waals surface area contributed by atoms with Crippen LogP contribution in [0.1, 0.15) is 63.4 Å². The molecule has 0 spiro atoms. The minimum atomic E-state index is 0.250. The van der Waals surface area contributed by atoms with E-state index in [1.165, 1.54) is 44.6 Å². The predicted octanol–water partition coefficient (Wildman–Crippen LogP) is 2.78. The van der Waals surface area contributed by atoms with E-state index in [1.807, 2.05) is 0 Å². The monoisotopic (exact) mass is 293 g/mol. The second kappa shape index (κ2) is 8.75. The smallest absolute Gasteiger partial charge is 0.303 e. The first-order valence-corrected chi connectivity index (χ1v) is 7.81. The van der Waals surface area contributed by atoms with Gasteiger partial charge in [0.2, 0.25) is 0 Å². The van der Waals surface area contributed by atoms with Crippen LogP contribution in [-0.2, 0) is 9.59 Å². The van der Waals surface area contributed by atoms with Crippen molar-refractivity contribution in [2.24, 2.45) is 0 Å². The van der Waals surface area contributed by atoms with Gasteiger partial charge in [0, 0.05) is 18.8 Å². The fourth-order valence-electron chi connectivity index (χ4n) is 2.96. The Hall–Kier alpha value is -1.45. The van der Waals surface area contributed by atoms with E-state index in [9.17, 15) is 0 Å². The van der Waals surface area contributed by atoms with Gasteiger partial charge in [-0.2, -0.15) is 14.7 Å². The molecule has 1 aliphatic heterocycles. The summed E-state index contributed by atoms with van der Waals surface area (Å²) in [4.78, 5) is 18.8. The molecule has 0 atom stereocenters. The Morgan fingerprint density at radius 2 is 1.90 bits per heavy atom. The molecule has 118 valence electrons. The third-order valence-corrected chi connectivity index (χ3v) is 3.92. The average Bonchev–Trinajstić information content (AvgIpc) is 2.83. The van der Waals surface area contributed by atoms with Crippen LogP contribution in [-0.4, -0.2) is 40.5 Å². The van der Waals surface area contributed by atoms with E-state index in [-0.39, 0.29) is 6.15 Å². The zero-order valence-electron chi connectivity index (χ0n) is 13.6. The van der Waals surface area contributed by atoms with E-state index >= 15 is 0 Å². The van der Waals surface area contributed by atoms with Crippen LogP contribution in [0.4, 0.5) is 0 Å². The minimum absolute atomic E-state index is 0.250. The zero-order chi connectivity index (χ0) is 15.8. The largest absolute Gasteiger partial charge is 0.373 e. The van der Waals surface area contributed by atoms with Crippen molar-refractivity contribution in [2.75, 3.05) is 19.6 Å². The van der Waals surface area contributed by atoms with E-state index in [2.05, 4.69) is 43.3 Å². The lowest BCUT2D eigenvalue weighted by atomic mass is 10.0. The van der Waals surface area contributed by atoms with Crippen LogP contribution in [0.2, 0.25) is 0 Å². The van der Waals surface area contributed by atoms with Crippen LogP contribution in [0.3, 0.4) is 0 Å². The SMILES string of the molecule is CCCN1CCC(n2nc(C)cc2C(C)C)CC1.O=C=O. The number of aryl methyl sites for hydroxylation is 1. The highest BCUT2D eigenvalue weighted by Crippen LogP contribution is 2.27. The predicted molar refractivity (Wildman–Crippen MR) is 81.1 cm³/mol. The average molecular weight is 293 g/mol. The molecule has 2 heterocycles. The number of nitrogens with zero attached hydrogens (tertiary/aromatic N) is 3. The van der Waals surface area contributed by atoms with Crippen LogP contribution >= 0.6 is 0 Å². The highest BCUT2D eigenvalue weighted by Gasteiger charge is 2.23. The summed E-state index contributed by atoms with van der Waals surface area (Å²) in [7, 11) is 0. The topological polar surface area (TPSA) is 55.2 Å². The summed E-state index contributed by atoms with van der Waals surface area (Å²) in [6.45, 7) is 12.6. The molecule has 21 heavy (non-hydrogen) atoms. The third kappa shape index (κ3) is 5.10. The maximum atomic E-state index is 8.12. The van der Waals surface area contributed by atoms with E-state index in [1.54, 1.807) is 0 Å². The summed E-state index contributed by atoms with van der Waals surface area (Å²) in [6, 6.07) is 2.87. The van der Waals surface area contributed by atoms with Gasteiger partial charge in [0.25, 0.3) is 0 Å². The van der Waals surface area contributed by atoms with Gasteiger partial charge in [0.1, 0.15) is 0 Å². The first kappa shape index (κ1) is 17.6. The molecule has 0 unspecified atom stereocenters. The van der Waals surface area contributed by atoms with Gasteiger partial charge in [-0.3, -0.25) is 4.68 Å². The lowest BCUT2D eigenvalue weighted by Crippen LogP contribution is -2.35. The summed E-state index contributed by atoms with van der Waals surface area (Å²) in [5, 5.41) is 4.72. The number of aromatic nitrogens is 2. The number of hydrogen-bond donors (Lipinski definition) is 0. The molecule has 0 amide bonds. The van der Waals surface area contributed by atoms with Gasteiger partial charge in [0.15, 0.2) is 0 Å². The molecule has 1 aliphatic rings. The van der Waals surface area contributed by atoms with Gasteiger partial charge in [-0.05, 0) is 44.7 Å². The van der Waals surface area contributed by atoms with Crippen molar-refractivity contribution in [1.82, 2.24) is 14.7 Å². The lowest BCUT2D eigenvalue weighted by molar-refractivity contribution is -0.191. The quantitative estimate of drug-likeness (QED) is 0.856. The third-order valence-electron chi connectivity index (χ3n) is 3.92. The van der Waals surface area contributed by atoms with Crippen molar-refractivity contribution >= 4 is 6.15 Å². The van der Waals surface area contributed by atoms with E-state index in [0.29, 0.717) is 12.0 Å².